The lowest BCUT2D eigenvalue weighted by atomic mass is 10.2. The second-order valence-electron chi connectivity index (χ2n) is 8.07. The molecule has 10 heteroatoms. The maximum atomic E-state index is 14.9. The largest absolute Gasteiger partial charge is 0.442 e. The van der Waals surface area contributed by atoms with Gasteiger partial charge in [-0.05, 0) is 31.0 Å². The van der Waals surface area contributed by atoms with Crippen LogP contribution >= 0.6 is 12.2 Å². The molecule has 1 atom stereocenters. The third-order valence-corrected chi connectivity index (χ3v) is 6.29. The van der Waals surface area contributed by atoms with Gasteiger partial charge in [0.1, 0.15) is 18.5 Å². The molecule has 1 unspecified atom stereocenters. The fourth-order valence-corrected chi connectivity index (χ4v) is 4.19. The predicted molar refractivity (Wildman–Crippen MR) is 118 cm³/mol. The van der Waals surface area contributed by atoms with Crippen LogP contribution in [0.3, 0.4) is 0 Å². The van der Waals surface area contributed by atoms with Crippen molar-refractivity contribution in [3.05, 3.63) is 24.0 Å². The fraction of sp³-hybridized carbons (Fsp3) is 0.571. The zero-order chi connectivity index (χ0) is 22.0. The Morgan fingerprint density at radius 1 is 1.29 bits per heavy atom. The maximum absolute atomic E-state index is 14.9. The van der Waals surface area contributed by atoms with Crippen molar-refractivity contribution in [3.63, 3.8) is 0 Å². The molecule has 1 aliphatic carbocycles. The normalized spacial score (nSPS) is 21.3. The molecule has 2 heterocycles. The summed E-state index contributed by atoms with van der Waals surface area (Å²) >= 11 is 5.31. The lowest BCUT2D eigenvalue weighted by molar-refractivity contribution is -0.135. The second kappa shape index (κ2) is 9.35. The van der Waals surface area contributed by atoms with Gasteiger partial charge in [0.05, 0.1) is 29.5 Å². The van der Waals surface area contributed by atoms with Gasteiger partial charge in [0.2, 0.25) is 5.91 Å². The summed E-state index contributed by atoms with van der Waals surface area (Å²) in [5.41, 5.74) is 0.926. The van der Waals surface area contributed by atoms with Crippen LogP contribution in [0.5, 0.6) is 0 Å². The zero-order valence-corrected chi connectivity index (χ0v) is 18.3. The van der Waals surface area contributed by atoms with Gasteiger partial charge in [0.25, 0.3) is 0 Å². The molecular formula is C21H27FN4O4S. The summed E-state index contributed by atoms with van der Waals surface area (Å²) in [5.74, 6) is -0.00396. The Morgan fingerprint density at radius 2 is 2.03 bits per heavy atom. The van der Waals surface area contributed by atoms with E-state index in [0.29, 0.717) is 56.6 Å². The Bertz CT molecular complexity index is 858. The van der Waals surface area contributed by atoms with Gasteiger partial charge in [0, 0.05) is 39.2 Å². The zero-order valence-electron chi connectivity index (χ0n) is 17.5. The number of amides is 2. The van der Waals surface area contributed by atoms with E-state index < -0.39 is 11.9 Å². The molecule has 2 aliphatic heterocycles. The summed E-state index contributed by atoms with van der Waals surface area (Å²) in [6.07, 6.45) is 1.42. The number of hydrogen-bond acceptors (Lipinski definition) is 6. The quantitative estimate of drug-likeness (QED) is 0.635. The summed E-state index contributed by atoms with van der Waals surface area (Å²) in [6, 6.07) is 4.77. The molecule has 3 fully saturated rings. The van der Waals surface area contributed by atoms with Crippen molar-refractivity contribution in [2.75, 3.05) is 62.8 Å². The van der Waals surface area contributed by atoms with Gasteiger partial charge < -0.3 is 24.6 Å². The summed E-state index contributed by atoms with van der Waals surface area (Å²) in [4.78, 5) is 30.1. The van der Waals surface area contributed by atoms with E-state index in [4.69, 9.17) is 21.7 Å². The molecular weight excluding hydrogens is 423 g/mol. The van der Waals surface area contributed by atoms with Crippen molar-refractivity contribution in [2.24, 2.45) is 5.92 Å². The van der Waals surface area contributed by atoms with Crippen molar-refractivity contribution < 1.29 is 23.5 Å². The van der Waals surface area contributed by atoms with Gasteiger partial charge in [0.15, 0.2) is 0 Å². The summed E-state index contributed by atoms with van der Waals surface area (Å²) < 4.78 is 25.2. The molecule has 4 rings (SSSR count). The van der Waals surface area contributed by atoms with E-state index in [-0.39, 0.29) is 18.6 Å². The number of carbonyl (C=O) groups excluding carboxylic acids is 2. The molecule has 3 aliphatic rings. The van der Waals surface area contributed by atoms with Crippen LogP contribution in [0, 0.1) is 11.7 Å². The molecule has 2 saturated heterocycles. The number of hydrogen-bond donors (Lipinski definition) is 1. The first-order chi connectivity index (χ1) is 15.0. The molecule has 1 aromatic rings. The van der Waals surface area contributed by atoms with E-state index in [1.54, 1.807) is 17.0 Å². The van der Waals surface area contributed by atoms with Gasteiger partial charge in [-0.15, -0.1) is 0 Å². The molecule has 1 aromatic carbocycles. The summed E-state index contributed by atoms with van der Waals surface area (Å²) in [7, 11) is 1.49. The van der Waals surface area contributed by atoms with Crippen molar-refractivity contribution in [3.8, 4) is 0 Å². The van der Waals surface area contributed by atoms with Crippen LogP contribution in [-0.2, 0) is 14.3 Å². The topological polar surface area (TPSA) is 74.3 Å². The summed E-state index contributed by atoms with van der Waals surface area (Å²) in [5, 5.41) is 3.17. The molecule has 168 valence electrons. The van der Waals surface area contributed by atoms with Crippen LogP contribution in [0.4, 0.5) is 20.6 Å². The Hall–Kier alpha value is -2.46. The van der Waals surface area contributed by atoms with Crippen LogP contribution in [0.15, 0.2) is 18.2 Å². The smallest absolute Gasteiger partial charge is 0.414 e. The third-order valence-electron chi connectivity index (χ3n) is 5.81. The molecule has 8 nitrogen and oxygen atoms in total. The fourth-order valence-electron chi connectivity index (χ4n) is 3.87. The second-order valence-corrected chi connectivity index (χ2v) is 8.51. The molecule has 1 saturated carbocycles. The Balaban J connectivity index is 1.33. The number of nitrogens with one attached hydrogen (secondary N) is 1. The van der Waals surface area contributed by atoms with Gasteiger partial charge in [-0.1, -0.05) is 12.2 Å². The molecule has 0 bridgehead atoms. The lowest BCUT2D eigenvalue weighted by Gasteiger charge is -2.36. The minimum Gasteiger partial charge on any atom is -0.442 e. The number of anilines is 2. The Labute approximate surface area is 186 Å². The number of thiocarbonyl (C=S) groups is 1. The van der Waals surface area contributed by atoms with Crippen molar-refractivity contribution >= 4 is 40.6 Å². The number of benzene rings is 1. The minimum absolute atomic E-state index is 0.0534. The number of cyclic esters (lactones) is 1. The highest BCUT2D eigenvalue weighted by molar-refractivity contribution is 7.80. The maximum Gasteiger partial charge on any atom is 0.414 e. The average molecular weight is 451 g/mol. The van der Waals surface area contributed by atoms with Crippen LogP contribution in [0.1, 0.15) is 12.8 Å². The van der Waals surface area contributed by atoms with E-state index in [2.05, 4.69) is 5.32 Å². The molecule has 0 radical (unpaired) electrons. The number of rotatable bonds is 7. The highest BCUT2D eigenvalue weighted by Crippen LogP contribution is 2.30. The number of methoxy groups -OCH3 is 1. The van der Waals surface area contributed by atoms with Gasteiger partial charge in [-0.2, -0.15) is 0 Å². The van der Waals surface area contributed by atoms with Crippen molar-refractivity contribution in [1.82, 2.24) is 10.2 Å². The van der Waals surface area contributed by atoms with Gasteiger partial charge in [-0.25, -0.2) is 9.18 Å². The Kier molecular flexibility index (Phi) is 6.57. The summed E-state index contributed by atoms with van der Waals surface area (Å²) in [6.45, 7) is 2.96. The van der Waals surface area contributed by atoms with Gasteiger partial charge >= 0.3 is 6.09 Å². The molecule has 2 amide bonds. The van der Waals surface area contributed by atoms with E-state index in [1.807, 2.05) is 4.90 Å². The van der Waals surface area contributed by atoms with Crippen LogP contribution in [0.2, 0.25) is 0 Å². The number of nitrogens with zero attached hydrogens (tertiary/aromatic N) is 3. The van der Waals surface area contributed by atoms with Crippen LogP contribution < -0.4 is 15.1 Å². The molecule has 0 aromatic heterocycles. The van der Waals surface area contributed by atoms with Crippen molar-refractivity contribution in [1.29, 1.82) is 0 Å². The highest BCUT2D eigenvalue weighted by Gasteiger charge is 2.34. The van der Waals surface area contributed by atoms with Gasteiger partial charge in [-0.3, -0.25) is 9.69 Å². The van der Waals surface area contributed by atoms with E-state index in [0.717, 1.165) is 17.8 Å². The molecule has 0 spiro atoms. The number of halogens is 1. The minimum atomic E-state index is -0.485. The highest BCUT2D eigenvalue weighted by atomic mass is 32.1. The first kappa shape index (κ1) is 21.8. The van der Waals surface area contributed by atoms with Crippen LogP contribution in [0.25, 0.3) is 0 Å². The first-order valence-electron chi connectivity index (χ1n) is 10.5. The average Bonchev–Trinajstić information content (AvgIpc) is 3.55. The number of ether oxygens (including phenoxy) is 2. The van der Waals surface area contributed by atoms with Crippen LogP contribution in [-0.4, -0.2) is 81.0 Å². The van der Waals surface area contributed by atoms with E-state index in [1.165, 1.54) is 18.1 Å². The number of carbonyl (C=O) groups is 2. The first-order valence-corrected chi connectivity index (χ1v) is 10.9. The standard InChI is InChI=1S/C21H27FN4O4S/c1-29-13-19(27)25-8-6-24(7-9-25)18-5-4-15(10-17(18)22)26-12-16(30-21(26)28)11-23-20(31)14-2-3-14/h4-5,10,14,16H,2-3,6-9,11-13H2,1H3,(H,23,31). The Morgan fingerprint density at radius 3 is 2.68 bits per heavy atom. The van der Waals surface area contributed by atoms with E-state index in [9.17, 15) is 14.0 Å². The van der Waals surface area contributed by atoms with E-state index >= 15 is 0 Å². The SMILES string of the molecule is COCC(=O)N1CCN(c2ccc(N3CC(CNC(=S)C4CC4)OC3=O)cc2F)CC1. The molecule has 31 heavy (non-hydrogen) atoms. The number of piperazine rings is 1. The van der Waals surface area contributed by atoms with Crippen molar-refractivity contribution in [2.45, 2.75) is 18.9 Å². The third kappa shape index (κ3) is 5.07. The monoisotopic (exact) mass is 450 g/mol. The lowest BCUT2D eigenvalue weighted by Crippen LogP contribution is -2.50. The molecule has 1 N–H and O–H groups in total. The predicted octanol–water partition coefficient (Wildman–Crippen LogP) is 1.77.